The minimum Gasteiger partial charge on any atom is -0.506 e. The van der Waals surface area contributed by atoms with Crippen LogP contribution in [0.4, 0.5) is 5.69 Å². The predicted octanol–water partition coefficient (Wildman–Crippen LogP) is 1.00. The molecule has 1 aromatic carbocycles. The van der Waals surface area contributed by atoms with Crippen LogP contribution in [0.15, 0.2) is 18.2 Å². The monoisotopic (exact) mass is 273 g/mol. The summed E-state index contributed by atoms with van der Waals surface area (Å²) < 4.78 is 30.1. The lowest BCUT2D eigenvalue weighted by molar-refractivity contribution is -0.139. The van der Waals surface area contributed by atoms with Gasteiger partial charge in [0, 0.05) is 0 Å². The molecular weight excluding hydrogens is 258 g/mol. The van der Waals surface area contributed by atoms with Crippen LogP contribution in [0, 0.1) is 6.92 Å². The minimum absolute atomic E-state index is 0.0244. The first-order chi connectivity index (χ1) is 8.27. The SMILES string of the molecule is COC(=O)C(C)S(=O)(=O)Nc1ccc(C)cc1O. The molecule has 0 aliphatic rings. The lowest BCUT2D eigenvalue weighted by Gasteiger charge is -2.14. The van der Waals surface area contributed by atoms with Crippen LogP contribution in [0.25, 0.3) is 0 Å². The van der Waals surface area contributed by atoms with E-state index in [1.165, 1.54) is 19.1 Å². The van der Waals surface area contributed by atoms with Crippen molar-refractivity contribution in [3.05, 3.63) is 23.8 Å². The van der Waals surface area contributed by atoms with Crippen molar-refractivity contribution in [3.8, 4) is 5.75 Å². The Morgan fingerprint density at radius 2 is 2.06 bits per heavy atom. The third kappa shape index (κ3) is 3.13. The molecule has 1 aromatic rings. The Hall–Kier alpha value is -1.76. The summed E-state index contributed by atoms with van der Waals surface area (Å²) in [7, 11) is -2.84. The Kier molecular flexibility index (Phi) is 4.18. The molecule has 0 heterocycles. The average Bonchev–Trinajstić information content (AvgIpc) is 2.30. The van der Waals surface area contributed by atoms with Crippen molar-refractivity contribution in [2.24, 2.45) is 0 Å². The summed E-state index contributed by atoms with van der Waals surface area (Å²) in [5.74, 6) is -1.07. The zero-order chi connectivity index (χ0) is 13.9. The van der Waals surface area contributed by atoms with Crippen LogP contribution >= 0.6 is 0 Å². The van der Waals surface area contributed by atoms with Gasteiger partial charge in [0.25, 0.3) is 0 Å². The molecule has 0 amide bonds. The number of ether oxygens (including phenoxy) is 1. The molecule has 100 valence electrons. The van der Waals surface area contributed by atoms with E-state index < -0.39 is 21.2 Å². The molecular formula is C11H15NO5S. The van der Waals surface area contributed by atoms with Crippen LogP contribution in [0.1, 0.15) is 12.5 Å². The second-order valence-electron chi connectivity index (χ2n) is 3.83. The number of carbonyl (C=O) groups is 1. The Morgan fingerprint density at radius 1 is 1.44 bits per heavy atom. The number of sulfonamides is 1. The van der Waals surface area contributed by atoms with Crippen molar-refractivity contribution in [1.29, 1.82) is 0 Å². The Bertz CT molecular complexity index is 553. The van der Waals surface area contributed by atoms with Crippen LogP contribution in [-0.4, -0.2) is 31.9 Å². The van der Waals surface area contributed by atoms with Crippen LogP contribution in [0.3, 0.4) is 0 Å². The van der Waals surface area contributed by atoms with E-state index in [2.05, 4.69) is 9.46 Å². The molecule has 7 heteroatoms. The van der Waals surface area contributed by atoms with E-state index in [0.29, 0.717) is 0 Å². The number of phenolic OH excluding ortho intramolecular Hbond substituents is 1. The summed E-state index contributed by atoms with van der Waals surface area (Å²) in [6, 6.07) is 4.48. The highest BCUT2D eigenvalue weighted by atomic mass is 32.2. The molecule has 0 saturated carbocycles. The molecule has 0 bridgehead atoms. The molecule has 0 saturated heterocycles. The van der Waals surface area contributed by atoms with Gasteiger partial charge in [0.1, 0.15) is 5.75 Å². The average molecular weight is 273 g/mol. The molecule has 2 N–H and O–H groups in total. The summed E-state index contributed by atoms with van der Waals surface area (Å²) in [5, 5.41) is 8.23. The van der Waals surface area contributed by atoms with E-state index in [4.69, 9.17) is 0 Å². The number of methoxy groups -OCH3 is 1. The fraction of sp³-hybridized carbons (Fsp3) is 0.364. The van der Waals surface area contributed by atoms with E-state index in [1.807, 2.05) is 0 Å². The Labute approximate surface area is 106 Å². The quantitative estimate of drug-likeness (QED) is 0.630. The molecule has 0 fully saturated rings. The Morgan fingerprint density at radius 3 is 2.56 bits per heavy atom. The van der Waals surface area contributed by atoms with Gasteiger partial charge < -0.3 is 9.84 Å². The van der Waals surface area contributed by atoms with E-state index in [9.17, 15) is 18.3 Å². The second-order valence-corrected chi connectivity index (χ2v) is 5.83. The number of hydrogen-bond acceptors (Lipinski definition) is 5. The van der Waals surface area contributed by atoms with E-state index in [-0.39, 0.29) is 11.4 Å². The highest BCUT2D eigenvalue weighted by Gasteiger charge is 2.29. The molecule has 6 nitrogen and oxygen atoms in total. The summed E-state index contributed by atoms with van der Waals surface area (Å²) in [5.41, 5.74) is 0.813. The van der Waals surface area contributed by atoms with Gasteiger partial charge in [-0.05, 0) is 31.5 Å². The topological polar surface area (TPSA) is 92.7 Å². The lowest BCUT2D eigenvalue weighted by Crippen LogP contribution is -2.33. The van der Waals surface area contributed by atoms with E-state index in [1.54, 1.807) is 13.0 Å². The molecule has 0 spiro atoms. The molecule has 0 aliphatic carbocycles. The van der Waals surface area contributed by atoms with Gasteiger partial charge >= 0.3 is 5.97 Å². The second kappa shape index (κ2) is 5.26. The highest BCUT2D eigenvalue weighted by Crippen LogP contribution is 2.25. The van der Waals surface area contributed by atoms with Crippen molar-refractivity contribution in [1.82, 2.24) is 0 Å². The van der Waals surface area contributed by atoms with Gasteiger partial charge in [-0.3, -0.25) is 9.52 Å². The van der Waals surface area contributed by atoms with Crippen molar-refractivity contribution in [2.45, 2.75) is 19.1 Å². The van der Waals surface area contributed by atoms with Crippen LogP contribution < -0.4 is 4.72 Å². The highest BCUT2D eigenvalue weighted by molar-refractivity contribution is 7.94. The van der Waals surface area contributed by atoms with Crippen LogP contribution in [0.5, 0.6) is 5.75 Å². The maximum atomic E-state index is 11.8. The number of nitrogens with one attached hydrogen (secondary N) is 1. The zero-order valence-corrected chi connectivity index (χ0v) is 11.1. The molecule has 0 radical (unpaired) electrons. The van der Waals surface area contributed by atoms with E-state index in [0.717, 1.165) is 12.7 Å². The molecule has 18 heavy (non-hydrogen) atoms. The van der Waals surface area contributed by atoms with Gasteiger partial charge in [-0.15, -0.1) is 0 Å². The minimum atomic E-state index is -3.94. The van der Waals surface area contributed by atoms with E-state index >= 15 is 0 Å². The van der Waals surface area contributed by atoms with Gasteiger partial charge in [0.05, 0.1) is 12.8 Å². The Balaban J connectivity index is 2.99. The first-order valence-corrected chi connectivity index (χ1v) is 6.71. The smallest absolute Gasteiger partial charge is 0.325 e. The molecule has 1 rings (SSSR count). The number of phenols is 1. The number of esters is 1. The number of carbonyl (C=O) groups excluding carboxylic acids is 1. The molecule has 0 aromatic heterocycles. The van der Waals surface area contributed by atoms with Crippen LogP contribution in [0.2, 0.25) is 0 Å². The zero-order valence-electron chi connectivity index (χ0n) is 10.3. The predicted molar refractivity (Wildman–Crippen MR) is 66.9 cm³/mol. The van der Waals surface area contributed by atoms with Gasteiger partial charge in [-0.1, -0.05) is 6.07 Å². The van der Waals surface area contributed by atoms with Crippen molar-refractivity contribution < 1.29 is 23.1 Å². The van der Waals surface area contributed by atoms with Gasteiger partial charge in [0.15, 0.2) is 5.25 Å². The van der Waals surface area contributed by atoms with Crippen molar-refractivity contribution in [3.63, 3.8) is 0 Å². The number of anilines is 1. The van der Waals surface area contributed by atoms with Gasteiger partial charge in [-0.2, -0.15) is 0 Å². The normalized spacial score (nSPS) is 12.8. The number of aromatic hydroxyl groups is 1. The number of aryl methyl sites for hydroxylation is 1. The standard InChI is InChI=1S/C11H15NO5S/c1-7-4-5-9(10(13)6-7)12-18(15,16)8(2)11(14)17-3/h4-6,8,12-13H,1-3H3. The first kappa shape index (κ1) is 14.3. The summed E-state index contributed by atoms with van der Waals surface area (Å²) in [4.78, 5) is 11.2. The molecule has 1 unspecified atom stereocenters. The number of rotatable bonds is 4. The number of hydrogen-bond donors (Lipinski definition) is 2. The lowest BCUT2D eigenvalue weighted by atomic mass is 10.2. The maximum absolute atomic E-state index is 11.8. The van der Waals surface area contributed by atoms with Crippen molar-refractivity contribution in [2.75, 3.05) is 11.8 Å². The molecule has 0 aliphatic heterocycles. The van der Waals surface area contributed by atoms with Crippen molar-refractivity contribution >= 4 is 21.7 Å². The van der Waals surface area contributed by atoms with Gasteiger partial charge in [0.2, 0.25) is 10.0 Å². The molecule has 1 atom stereocenters. The summed E-state index contributed by atoms with van der Waals surface area (Å²) in [6.45, 7) is 2.97. The first-order valence-electron chi connectivity index (χ1n) is 5.17. The number of benzene rings is 1. The van der Waals surface area contributed by atoms with Crippen LogP contribution in [-0.2, 0) is 19.6 Å². The van der Waals surface area contributed by atoms with Gasteiger partial charge in [-0.25, -0.2) is 8.42 Å². The maximum Gasteiger partial charge on any atom is 0.325 e. The fourth-order valence-electron chi connectivity index (χ4n) is 1.26. The third-order valence-electron chi connectivity index (χ3n) is 2.40. The fourth-order valence-corrected chi connectivity index (χ4v) is 2.27. The summed E-state index contributed by atoms with van der Waals surface area (Å²) in [6.07, 6.45) is 0. The summed E-state index contributed by atoms with van der Waals surface area (Å²) >= 11 is 0. The third-order valence-corrected chi connectivity index (χ3v) is 4.03. The largest absolute Gasteiger partial charge is 0.506 e.